The van der Waals surface area contributed by atoms with E-state index in [9.17, 15) is 9.18 Å². The molecule has 29 heavy (non-hydrogen) atoms. The van der Waals surface area contributed by atoms with E-state index in [1.165, 1.54) is 12.1 Å². The number of anilines is 2. The lowest BCUT2D eigenvalue weighted by atomic mass is 10.2. The van der Waals surface area contributed by atoms with Gasteiger partial charge in [-0.15, -0.1) is 0 Å². The highest BCUT2D eigenvalue weighted by Crippen LogP contribution is 2.21. The topological polar surface area (TPSA) is 68.2 Å². The normalized spacial score (nSPS) is 10.4. The van der Waals surface area contributed by atoms with Gasteiger partial charge in [0.15, 0.2) is 10.9 Å². The van der Waals surface area contributed by atoms with Gasteiger partial charge in [-0.25, -0.2) is 9.18 Å². The van der Waals surface area contributed by atoms with Gasteiger partial charge in [0.25, 0.3) is 0 Å². The highest BCUT2D eigenvalue weighted by molar-refractivity contribution is 7.80. The van der Waals surface area contributed by atoms with Crippen LogP contribution in [-0.2, 0) is 11.3 Å². The Kier molecular flexibility index (Phi) is 6.79. The molecule has 0 spiro atoms. The third-order valence-corrected chi connectivity index (χ3v) is 4.32. The van der Waals surface area contributed by atoms with Crippen molar-refractivity contribution in [2.75, 3.05) is 17.2 Å². The summed E-state index contributed by atoms with van der Waals surface area (Å²) in [5.74, 6) is -0.308. The summed E-state index contributed by atoms with van der Waals surface area (Å²) in [6.45, 7) is 2.44. The van der Waals surface area contributed by atoms with Crippen molar-refractivity contribution < 1.29 is 13.9 Å². The van der Waals surface area contributed by atoms with E-state index in [4.69, 9.17) is 28.6 Å². The molecule has 0 amide bonds. The Morgan fingerprint density at radius 1 is 1.24 bits per heavy atom. The number of thiocarbonyl (C=S) groups is 1. The van der Waals surface area contributed by atoms with E-state index >= 15 is 0 Å². The van der Waals surface area contributed by atoms with Crippen molar-refractivity contribution in [3.63, 3.8) is 0 Å². The summed E-state index contributed by atoms with van der Waals surface area (Å²) in [6, 6.07) is 13.0. The van der Waals surface area contributed by atoms with Crippen molar-refractivity contribution in [3.8, 4) is 0 Å². The van der Waals surface area contributed by atoms with Crippen LogP contribution in [0.3, 0.4) is 0 Å². The lowest BCUT2D eigenvalue weighted by Gasteiger charge is -2.09. The van der Waals surface area contributed by atoms with Gasteiger partial charge in [0, 0.05) is 11.9 Å². The fourth-order valence-corrected chi connectivity index (χ4v) is 2.97. The fourth-order valence-electron chi connectivity index (χ4n) is 2.56. The van der Waals surface area contributed by atoms with E-state index in [1.54, 1.807) is 54.2 Å². The number of nitrogens with zero attached hydrogens (tertiary/aromatic N) is 2. The summed E-state index contributed by atoms with van der Waals surface area (Å²) in [7, 11) is 0. The molecule has 0 radical (unpaired) electrons. The molecular weight excluding hydrogens is 415 g/mol. The molecule has 1 aromatic heterocycles. The predicted molar refractivity (Wildman–Crippen MR) is 115 cm³/mol. The van der Waals surface area contributed by atoms with Crippen LogP contribution < -0.4 is 10.6 Å². The number of ether oxygens (including phenoxy) is 1. The summed E-state index contributed by atoms with van der Waals surface area (Å²) < 4.78 is 19.9. The number of rotatable bonds is 6. The highest BCUT2D eigenvalue weighted by atomic mass is 35.5. The van der Waals surface area contributed by atoms with Crippen molar-refractivity contribution in [3.05, 3.63) is 76.7 Å². The Labute approximate surface area is 177 Å². The minimum atomic E-state index is -0.379. The van der Waals surface area contributed by atoms with Crippen LogP contribution in [-0.4, -0.2) is 27.5 Å². The molecule has 9 heteroatoms. The number of nitrogens with one attached hydrogen (secondary N) is 2. The number of carbonyl (C=O) groups is 1. The quantitative estimate of drug-likeness (QED) is 0.434. The number of benzene rings is 2. The maximum absolute atomic E-state index is 13.3. The molecule has 0 bridgehead atoms. The first-order chi connectivity index (χ1) is 13.9. The Hall–Kier alpha value is -2.97. The molecule has 0 fully saturated rings. The first-order valence-corrected chi connectivity index (χ1v) is 9.56. The van der Waals surface area contributed by atoms with Crippen LogP contribution in [0.5, 0.6) is 0 Å². The van der Waals surface area contributed by atoms with Crippen LogP contribution in [0.1, 0.15) is 22.8 Å². The van der Waals surface area contributed by atoms with Gasteiger partial charge in [0.2, 0.25) is 0 Å². The average molecular weight is 433 g/mol. The second-order valence-electron chi connectivity index (χ2n) is 6.03. The molecule has 0 unspecified atom stereocenters. The van der Waals surface area contributed by atoms with Crippen LogP contribution in [0.4, 0.5) is 15.9 Å². The van der Waals surface area contributed by atoms with Crippen LogP contribution in [0.2, 0.25) is 5.02 Å². The molecule has 2 aromatic carbocycles. The van der Waals surface area contributed by atoms with Gasteiger partial charge in [0.05, 0.1) is 18.7 Å². The zero-order valence-electron chi connectivity index (χ0n) is 15.5. The summed E-state index contributed by atoms with van der Waals surface area (Å²) in [6.07, 6.45) is 1.63. The van der Waals surface area contributed by atoms with Gasteiger partial charge < -0.3 is 15.4 Å². The molecule has 3 rings (SSSR count). The third-order valence-electron chi connectivity index (χ3n) is 3.84. The first-order valence-electron chi connectivity index (χ1n) is 8.77. The van der Waals surface area contributed by atoms with E-state index in [0.717, 1.165) is 5.56 Å². The van der Waals surface area contributed by atoms with E-state index in [1.807, 2.05) is 0 Å². The molecule has 1 heterocycles. The lowest BCUT2D eigenvalue weighted by Crippen LogP contribution is -2.20. The van der Waals surface area contributed by atoms with Crippen molar-refractivity contribution in [1.82, 2.24) is 9.78 Å². The van der Waals surface area contributed by atoms with Crippen LogP contribution >= 0.6 is 23.8 Å². The lowest BCUT2D eigenvalue weighted by molar-refractivity contribution is 0.0526. The SMILES string of the molecule is CCOC(=O)c1ccc(NC(=S)Nc2nn(Cc3cccc(F)c3)cc2Cl)cc1. The maximum Gasteiger partial charge on any atom is 0.338 e. The molecular formula is C20H18ClFN4O2S. The van der Waals surface area contributed by atoms with Crippen LogP contribution in [0.15, 0.2) is 54.7 Å². The first kappa shape index (κ1) is 20.8. The van der Waals surface area contributed by atoms with Gasteiger partial charge in [0.1, 0.15) is 10.8 Å². The van der Waals surface area contributed by atoms with Crippen molar-refractivity contribution in [1.29, 1.82) is 0 Å². The molecule has 150 valence electrons. The Bertz CT molecular complexity index is 1020. The van der Waals surface area contributed by atoms with E-state index in [-0.39, 0.29) is 16.9 Å². The smallest absolute Gasteiger partial charge is 0.338 e. The number of esters is 1. The van der Waals surface area contributed by atoms with Crippen LogP contribution in [0, 0.1) is 5.82 Å². The Morgan fingerprint density at radius 2 is 2.00 bits per heavy atom. The van der Waals surface area contributed by atoms with Gasteiger partial charge in [-0.2, -0.15) is 5.10 Å². The summed E-state index contributed by atoms with van der Waals surface area (Å²) in [4.78, 5) is 11.7. The molecule has 2 N–H and O–H groups in total. The third kappa shape index (κ3) is 5.75. The molecule has 0 saturated carbocycles. The number of hydrogen-bond acceptors (Lipinski definition) is 4. The standard InChI is InChI=1S/C20H18ClFN4O2S/c1-2-28-19(27)14-6-8-16(9-7-14)23-20(29)24-18-17(21)12-26(25-18)11-13-4-3-5-15(22)10-13/h3-10,12H,2,11H2,1H3,(H2,23,24,25,29). The van der Waals surface area contributed by atoms with E-state index in [0.29, 0.717) is 35.2 Å². The number of aromatic nitrogens is 2. The molecule has 0 atom stereocenters. The minimum absolute atomic E-state index is 0.284. The van der Waals surface area contributed by atoms with Crippen molar-refractivity contribution >= 4 is 46.4 Å². The minimum Gasteiger partial charge on any atom is -0.462 e. The predicted octanol–water partition coefficient (Wildman–Crippen LogP) is 4.71. The van der Waals surface area contributed by atoms with Gasteiger partial charge in [-0.05, 0) is 61.1 Å². The monoisotopic (exact) mass is 432 g/mol. The number of carbonyl (C=O) groups excluding carboxylic acids is 1. The molecule has 0 saturated heterocycles. The van der Waals surface area contributed by atoms with Gasteiger partial charge in [-0.1, -0.05) is 23.7 Å². The largest absolute Gasteiger partial charge is 0.462 e. The summed E-state index contributed by atoms with van der Waals surface area (Å²) >= 11 is 11.5. The van der Waals surface area contributed by atoms with E-state index < -0.39 is 0 Å². The zero-order chi connectivity index (χ0) is 20.8. The number of hydrogen-bond donors (Lipinski definition) is 2. The van der Waals surface area contributed by atoms with Crippen LogP contribution in [0.25, 0.3) is 0 Å². The molecule has 0 aliphatic rings. The summed E-state index contributed by atoms with van der Waals surface area (Å²) in [5, 5.41) is 10.9. The molecule has 3 aromatic rings. The van der Waals surface area contributed by atoms with Gasteiger partial charge >= 0.3 is 5.97 Å². The Balaban J connectivity index is 1.60. The second-order valence-corrected chi connectivity index (χ2v) is 6.85. The van der Waals surface area contributed by atoms with Crippen molar-refractivity contribution in [2.45, 2.75) is 13.5 Å². The zero-order valence-corrected chi connectivity index (χ0v) is 17.1. The molecule has 0 aliphatic carbocycles. The van der Waals surface area contributed by atoms with E-state index in [2.05, 4.69) is 15.7 Å². The highest BCUT2D eigenvalue weighted by Gasteiger charge is 2.10. The van der Waals surface area contributed by atoms with Gasteiger partial charge in [-0.3, -0.25) is 4.68 Å². The summed E-state index contributed by atoms with van der Waals surface area (Å²) in [5.41, 5.74) is 1.90. The maximum atomic E-state index is 13.3. The molecule has 6 nitrogen and oxygen atoms in total. The number of halogens is 2. The second kappa shape index (κ2) is 9.49. The molecule has 0 aliphatic heterocycles. The van der Waals surface area contributed by atoms with Crippen molar-refractivity contribution in [2.24, 2.45) is 0 Å². The fraction of sp³-hybridized carbons (Fsp3) is 0.150. The Morgan fingerprint density at radius 3 is 2.69 bits per heavy atom. The average Bonchev–Trinajstić information content (AvgIpc) is 3.01.